The summed E-state index contributed by atoms with van der Waals surface area (Å²) in [5.74, 6) is -3.09. The molecule has 2 aromatic heterocycles. The van der Waals surface area contributed by atoms with Crippen LogP contribution in [-0.4, -0.2) is 75.3 Å². The third-order valence-electron chi connectivity index (χ3n) is 10.4. The van der Waals surface area contributed by atoms with Crippen molar-refractivity contribution in [3.63, 3.8) is 0 Å². The number of hydrogen-bond acceptors (Lipinski definition) is 9. The minimum atomic E-state index is -5.16. The lowest BCUT2D eigenvalue weighted by atomic mass is 9.92. The summed E-state index contributed by atoms with van der Waals surface area (Å²) in [7, 11) is 0. The summed E-state index contributed by atoms with van der Waals surface area (Å²) in [4.78, 5) is 24.7. The molecule has 0 saturated carbocycles. The van der Waals surface area contributed by atoms with E-state index >= 15 is 4.39 Å². The van der Waals surface area contributed by atoms with Crippen LogP contribution in [0.5, 0.6) is 11.9 Å². The number of benzene rings is 2. The number of nitrogens with two attached hydrogens (primary N) is 1. The molecule has 3 saturated heterocycles. The van der Waals surface area contributed by atoms with E-state index in [0.29, 0.717) is 30.4 Å². The number of rotatable bonds is 7. The van der Waals surface area contributed by atoms with E-state index in [1.165, 1.54) is 4.90 Å². The van der Waals surface area contributed by atoms with Gasteiger partial charge in [-0.2, -0.15) is 28.4 Å². The van der Waals surface area contributed by atoms with E-state index in [1.807, 2.05) is 4.90 Å². The van der Waals surface area contributed by atoms with Gasteiger partial charge in [-0.3, -0.25) is 9.69 Å². The zero-order valence-electron chi connectivity index (χ0n) is 27.5. The highest BCUT2D eigenvalue weighted by Crippen LogP contribution is 2.49. The van der Waals surface area contributed by atoms with Gasteiger partial charge in [-0.25, -0.2) is 13.2 Å². The molecule has 4 aromatic rings. The first-order chi connectivity index (χ1) is 24.1. The van der Waals surface area contributed by atoms with Crippen LogP contribution in [0.25, 0.3) is 32.1 Å². The van der Waals surface area contributed by atoms with Crippen LogP contribution < -0.4 is 15.2 Å². The Morgan fingerprint density at radius 3 is 2.73 bits per heavy atom. The molecule has 16 heteroatoms. The lowest BCUT2D eigenvalue weighted by molar-refractivity contribution is -0.137. The summed E-state index contributed by atoms with van der Waals surface area (Å²) in [6.07, 6.45) is -4.00. The van der Waals surface area contributed by atoms with Gasteiger partial charge in [-0.05, 0) is 57.0 Å². The number of nitriles is 1. The number of alkyl halides is 4. The van der Waals surface area contributed by atoms with Crippen molar-refractivity contribution in [2.45, 2.75) is 69.1 Å². The number of nitrogen functional groups attached to an aromatic ring is 1. The predicted octanol–water partition coefficient (Wildman–Crippen LogP) is 7.16. The number of carbonyl (C=O) groups excluding carboxylic acids is 1. The van der Waals surface area contributed by atoms with Gasteiger partial charge in [0.2, 0.25) is 11.8 Å². The van der Waals surface area contributed by atoms with Gasteiger partial charge in [0.25, 0.3) is 0 Å². The normalized spacial score (nSPS) is 23.2. The van der Waals surface area contributed by atoms with Crippen LogP contribution >= 0.6 is 11.3 Å². The zero-order valence-corrected chi connectivity index (χ0v) is 28.4. The van der Waals surface area contributed by atoms with Crippen molar-refractivity contribution in [3.8, 4) is 29.1 Å². The molecular weight excluding hydrogens is 698 g/mol. The van der Waals surface area contributed by atoms with E-state index in [-0.39, 0.29) is 59.1 Å². The average Bonchev–Trinajstić information content (AvgIpc) is 3.79. The van der Waals surface area contributed by atoms with Gasteiger partial charge in [0.1, 0.15) is 41.3 Å². The molecule has 2 N–H and O–H groups in total. The van der Waals surface area contributed by atoms with Gasteiger partial charge in [0.05, 0.1) is 32.3 Å². The van der Waals surface area contributed by atoms with Gasteiger partial charge in [-0.15, -0.1) is 11.3 Å². The van der Waals surface area contributed by atoms with E-state index in [9.17, 15) is 32.0 Å². The summed E-state index contributed by atoms with van der Waals surface area (Å²) in [5, 5.41) is 8.96. The molecule has 5 heterocycles. The van der Waals surface area contributed by atoms with Crippen LogP contribution in [0, 0.1) is 23.0 Å². The first-order valence-corrected chi connectivity index (χ1v) is 17.1. The molecule has 3 aliphatic heterocycles. The first-order valence-electron chi connectivity index (χ1n) is 16.2. The molecule has 0 radical (unpaired) electrons. The number of thiophene rings is 1. The van der Waals surface area contributed by atoms with Crippen LogP contribution in [0.4, 0.5) is 31.3 Å². The van der Waals surface area contributed by atoms with E-state index in [2.05, 4.69) is 16.5 Å². The molecule has 0 bridgehead atoms. The Morgan fingerprint density at radius 1 is 1.25 bits per heavy atom. The molecule has 2 aromatic carbocycles. The lowest BCUT2D eigenvalue weighted by Gasteiger charge is -2.35. The van der Waals surface area contributed by atoms with Crippen LogP contribution in [0.2, 0.25) is 0 Å². The minimum Gasteiger partial charge on any atom is -0.471 e. The molecule has 51 heavy (non-hydrogen) atoms. The summed E-state index contributed by atoms with van der Waals surface area (Å²) >= 11 is 0.660. The number of anilines is 1. The number of amides is 1. The third-order valence-corrected chi connectivity index (χ3v) is 11.4. The molecular formula is C35H32F6N6O3S. The maximum Gasteiger partial charge on any atom is 0.417 e. The van der Waals surface area contributed by atoms with Crippen molar-refractivity contribution in [1.29, 1.82) is 5.26 Å². The second kappa shape index (κ2) is 12.3. The van der Waals surface area contributed by atoms with E-state index in [1.54, 1.807) is 19.9 Å². The standard InChI is InChI=1S/C35H32F6N6O3S/c1-4-24(48)47-11-8-23(33(47,2)3)50-31-19-12-21(35(39,40)41)26(18-6-7-22(37)29-25(18)20(14-42)30(43)51-29)27(38)28(19)44-32(45-31)49-16-34-9-5-10-46(34)15-17(36)13-34/h4,6-7,12,17,23H,1,5,8-11,13,15-16,43H2,2-3H3/t17-,23?,34?/m1/s1. The topological polar surface area (TPSA) is 118 Å². The smallest absolute Gasteiger partial charge is 0.417 e. The number of nitrogens with zero attached hydrogens (tertiary/aromatic N) is 5. The Morgan fingerprint density at radius 2 is 2.02 bits per heavy atom. The number of ether oxygens (including phenoxy) is 2. The van der Waals surface area contributed by atoms with Crippen molar-refractivity contribution >= 4 is 43.2 Å². The molecule has 9 nitrogen and oxygen atoms in total. The van der Waals surface area contributed by atoms with Gasteiger partial charge < -0.3 is 20.1 Å². The highest BCUT2D eigenvalue weighted by molar-refractivity contribution is 7.23. The molecule has 7 rings (SSSR count). The fourth-order valence-corrected chi connectivity index (χ4v) is 8.83. The third kappa shape index (κ3) is 5.61. The number of fused-ring (bicyclic) bond motifs is 3. The van der Waals surface area contributed by atoms with Crippen molar-refractivity contribution < 1.29 is 40.6 Å². The fraction of sp³-hybridized carbons (Fsp3) is 0.429. The first kappa shape index (κ1) is 34.8. The van der Waals surface area contributed by atoms with Gasteiger partial charge in [0.15, 0.2) is 5.82 Å². The zero-order chi connectivity index (χ0) is 36.6. The van der Waals surface area contributed by atoms with Crippen LogP contribution in [0.15, 0.2) is 30.9 Å². The monoisotopic (exact) mass is 730 g/mol. The van der Waals surface area contributed by atoms with Crippen molar-refractivity contribution in [3.05, 3.63) is 53.6 Å². The lowest BCUT2D eigenvalue weighted by Crippen LogP contribution is -2.49. The fourth-order valence-electron chi connectivity index (χ4n) is 7.88. The van der Waals surface area contributed by atoms with E-state index < -0.39 is 80.6 Å². The number of halogens is 6. The number of carbonyl (C=O) groups is 1. The van der Waals surface area contributed by atoms with Crippen LogP contribution in [0.1, 0.15) is 50.7 Å². The van der Waals surface area contributed by atoms with Crippen molar-refractivity contribution in [1.82, 2.24) is 19.8 Å². The molecule has 2 unspecified atom stereocenters. The maximum absolute atomic E-state index is 17.0. The quantitative estimate of drug-likeness (QED) is 0.157. The average molecular weight is 731 g/mol. The maximum atomic E-state index is 17.0. The molecule has 3 fully saturated rings. The second-order valence-corrected chi connectivity index (χ2v) is 14.7. The predicted molar refractivity (Wildman–Crippen MR) is 178 cm³/mol. The van der Waals surface area contributed by atoms with Gasteiger partial charge in [0, 0.05) is 36.9 Å². The summed E-state index contributed by atoms with van der Waals surface area (Å²) in [6, 6.07) is 3.89. The number of likely N-dealkylation sites (tertiary alicyclic amines) is 1. The highest BCUT2D eigenvalue weighted by Gasteiger charge is 2.50. The summed E-state index contributed by atoms with van der Waals surface area (Å²) in [5.41, 5.74) is 0.564. The Labute approximate surface area is 292 Å². The number of hydrogen-bond donors (Lipinski definition) is 1. The van der Waals surface area contributed by atoms with Crippen molar-refractivity contribution in [2.75, 3.05) is 32.0 Å². The second-order valence-electron chi connectivity index (χ2n) is 13.7. The molecule has 3 atom stereocenters. The highest BCUT2D eigenvalue weighted by atomic mass is 32.1. The van der Waals surface area contributed by atoms with Crippen molar-refractivity contribution in [2.24, 2.45) is 0 Å². The number of aromatic nitrogens is 2. The SMILES string of the molecule is C=CC(=O)N1CCC(Oc2nc(OCC34CCCN3C[C@H](F)C4)nc3c(F)c(-c4ccc(F)c5sc(N)c(C#N)c45)c(C(F)(F)F)cc23)C1(C)C. The Bertz CT molecular complexity index is 2150. The van der Waals surface area contributed by atoms with E-state index in [4.69, 9.17) is 15.2 Å². The summed E-state index contributed by atoms with van der Waals surface area (Å²) in [6.45, 7) is 8.04. The molecule has 0 spiro atoms. The largest absolute Gasteiger partial charge is 0.471 e. The van der Waals surface area contributed by atoms with Gasteiger partial charge in [-0.1, -0.05) is 12.6 Å². The summed E-state index contributed by atoms with van der Waals surface area (Å²) < 4.78 is 103. The Kier molecular flexibility index (Phi) is 8.37. The Hall–Kier alpha value is -4.62. The molecule has 0 aliphatic carbocycles. The van der Waals surface area contributed by atoms with Crippen LogP contribution in [0.3, 0.4) is 0 Å². The van der Waals surface area contributed by atoms with E-state index in [0.717, 1.165) is 24.6 Å². The van der Waals surface area contributed by atoms with Crippen LogP contribution in [-0.2, 0) is 11.0 Å². The van der Waals surface area contributed by atoms with Gasteiger partial charge >= 0.3 is 12.2 Å². The molecule has 3 aliphatic rings. The minimum absolute atomic E-state index is 0.0672. The molecule has 268 valence electrons. The Balaban J connectivity index is 1.43. The molecule has 1 amide bonds.